The summed E-state index contributed by atoms with van der Waals surface area (Å²) in [4.78, 5) is 16.4. The zero-order chi connectivity index (χ0) is 19.4. The van der Waals surface area contributed by atoms with Gasteiger partial charge in [0.1, 0.15) is 5.01 Å². The highest BCUT2D eigenvalue weighted by Crippen LogP contribution is 2.34. The lowest BCUT2D eigenvalue weighted by Gasteiger charge is -2.14. The maximum Gasteiger partial charge on any atom is 0.418 e. The number of rotatable bonds is 4. The predicted octanol–water partition coefficient (Wildman–Crippen LogP) is 6.21. The molecule has 0 atom stereocenters. The molecule has 2 amide bonds. The van der Waals surface area contributed by atoms with Crippen LogP contribution < -0.4 is 10.6 Å². The second kappa shape index (κ2) is 7.98. The summed E-state index contributed by atoms with van der Waals surface area (Å²) < 4.78 is 38.9. The topological polar surface area (TPSA) is 54.0 Å². The third-order valence-corrected chi connectivity index (χ3v) is 4.77. The molecule has 0 spiro atoms. The fourth-order valence-electron chi connectivity index (χ4n) is 2.32. The number of amides is 2. The molecule has 3 rings (SSSR count). The van der Waals surface area contributed by atoms with E-state index in [0.29, 0.717) is 11.6 Å². The molecule has 1 aromatic heterocycles. The number of hydrogen-bond acceptors (Lipinski definition) is 3. The molecule has 0 fully saturated rings. The molecule has 27 heavy (non-hydrogen) atoms. The van der Waals surface area contributed by atoms with Crippen LogP contribution in [0.3, 0.4) is 0 Å². The molecule has 2 aromatic carbocycles. The van der Waals surface area contributed by atoms with Gasteiger partial charge in [0.25, 0.3) is 0 Å². The van der Waals surface area contributed by atoms with Gasteiger partial charge in [0.05, 0.1) is 22.8 Å². The highest BCUT2D eigenvalue weighted by molar-refractivity contribution is 7.13. The van der Waals surface area contributed by atoms with Crippen molar-refractivity contribution in [3.8, 4) is 10.6 Å². The van der Waals surface area contributed by atoms with Gasteiger partial charge >= 0.3 is 12.2 Å². The van der Waals surface area contributed by atoms with Crippen LogP contribution in [0.15, 0.2) is 53.9 Å². The van der Waals surface area contributed by atoms with Gasteiger partial charge < -0.3 is 10.6 Å². The number of carbonyl (C=O) groups excluding carboxylic acids is 1. The summed E-state index contributed by atoms with van der Waals surface area (Å²) in [5, 5.41) is 7.39. The largest absolute Gasteiger partial charge is 0.418 e. The lowest BCUT2D eigenvalue weighted by Crippen LogP contribution is -2.21. The van der Waals surface area contributed by atoms with E-state index in [-0.39, 0.29) is 5.69 Å². The predicted molar refractivity (Wildman–Crippen MR) is 101 cm³/mol. The van der Waals surface area contributed by atoms with Crippen LogP contribution in [0, 0.1) is 0 Å². The zero-order valence-electron chi connectivity index (χ0n) is 13.7. The Bertz CT molecular complexity index is 942. The van der Waals surface area contributed by atoms with E-state index in [4.69, 9.17) is 11.6 Å². The molecule has 0 aliphatic heterocycles. The number of hydrogen-bond donors (Lipinski definition) is 2. The number of nitrogens with one attached hydrogen (secondary N) is 2. The number of urea groups is 1. The van der Waals surface area contributed by atoms with E-state index in [2.05, 4.69) is 15.6 Å². The molecule has 0 radical (unpaired) electrons. The third kappa shape index (κ3) is 4.78. The smallest absolute Gasteiger partial charge is 0.308 e. The zero-order valence-corrected chi connectivity index (χ0v) is 15.3. The second-order valence-electron chi connectivity index (χ2n) is 5.48. The van der Waals surface area contributed by atoms with Gasteiger partial charge in [-0.05, 0) is 36.4 Å². The molecule has 0 saturated carbocycles. The first-order chi connectivity index (χ1) is 12.9. The van der Waals surface area contributed by atoms with Crippen LogP contribution in [0.5, 0.6) is 0 Å². The van der Waals surface area contributed by atoms with Gasteiger partial charge in [0.2, 0.25) is 0 Å². The molecule has 0 aliphatic rings. The quantitative estimate of drug-likeness (QED) is 0.501. The van der Waals surface area contributed by atoms with E-state index >= 15 is 0 Å². The van der Waals surface area contributed by atoms with Crippen molar-refractivity contribution in [1.29, 1.82) is 0 Å². The average Bonchev–Trinajstić information content (AvgIpc) is 3.11. The average molecular weight is 412 g/mol. The first-order valence-electron chi connectivity index (χ1n) is 7.72. The number of alkyl halides is 4. The van der Waals surface area contributed by atoms with Gasteiger partial charge in [0, 0.05) is 16.6 Å². The third-order valence-electron chi connectivity index (χ3n) is 3.56. The van der Waals surface area contributed by atoms with Crippen molar-refractivity contribution in [3.05, 3.63) is 65.2 Å². The molecular weight excluding hydrogens is 399 g/mol. The summed E-state index contributed by atoms with van der Waals surface area (Å²) in [7, 11) is 0. The van der Waals surface area contributed by atoms with E-state index in [9.17, 15) is 18.0 Å². The lowest BCUT2D eigenvalue weighted by molar-refractivity contribution is -0.136. The van der Waals surface area contributed by atoms with Gasteiger partial charge in [-0.15, -0.1) is 22.9 Å². The molecule has 4 nitrogen and oxygen atoms in total. The number of anilines is 2. The van der Waals surface area contributed by atoms with Gasteiger partial charge in [-0.1, -0.05) is 12.1 Å². The Kier molecular flexibility index (Phi) is 5.67. The standard InChI is InChI=1S/C18H13ClF3N3OS/c19-9-13-10-27-16(23-13)11-5-7-12(8-6-11)24-17(26)25-15-4-2-1-3-14(15)18(20,21)22/h1-8,10H,9H2,(H2,24,25,26). The normalized spacial score (nSPS) is 11.3. The van der Waals surface area contributed by atoms with Gasteiger partial charge in [-0.25, -0.2) is 9.78 Å². The Hall–Kier alpha value is -2.58. The molecule has 0 bridgehead atoms. The molecule has 2 N–H and O–H groups in total. The number of benzene rings is 2. The minimum Gasteiger partial charge on any atom is -0.308 e. The van der Waals surface area contributed by atoms with Gasteiger partial charge in [-0.3, -0.25) is 0 Å². The van der Waals surface area contributed by atoms with Crippen LogP contribution in [0.1, 0.15) is 11.3 Å². The number of aromatic nitrogens is 1. The molecule has 3 aromatic rings. The van der Waals surface area contributed by atoms with Crippen molar-refractivity contribution in [2.24, 2.45) is 0 Å². The summed E-state index contributed by atoms with van der Waals surface area (Å²) >= 11 is 7.19. The highest BCUT2D eigenvalue weighted by Gasteiger charge is 2.33. The Balaban J connectivity index is 1.68. The van der Waals surface area contributed by atoms with E-state index in [1.54, 1.807) is 24.3 Å². The molecule has 0 unspecified atom stereocenters. The van der Waals surface area contributed by atoms with Crippen LogP contribution >= 0.6 is 22.9 Å². The van der Waals surface area contributed by atoms with Crippen LogP contribution in [0.25, 0.3) is 10.6 Å². The molecule has 140 valence electrons. The van der Waals surface area contributed by atoms with Crippen molar-refractivity contribution < 1.29 is 18.0 Å². The van der Waals surface area contributed by atoms with E-state index < -0.39 is 17.8 Å². The lowest BCUT2D eigenvalue weighted by atomic mass is 10.1. The number of carbonyl (C=O) groups is 1. The van der Waals surface area contributed by atoms with Crippen molar-refractivity contribution >= 4 is 40.3 Å². The monoisotopic (exact) mass is 411 g/mol. The van der Waals surface area contributed by atoms with Crippen LogP contribution in [0.4, 0.5) is 29.3 Å². The summed E-state index contributed by atoms with van der Waals surface area (Å²) in [6.07, 6.45) is -4.55. The maximum atomic E-state index is 13.0. The Morgan fingerprint density at radius 3 is 2.41 bits per heavy atom. The second-order valence-corrected chi connectivity index (χ2v) is 6.60. The van der Waals surface area contributed by atoms with Crippen molar-refractivity contribution in [3.63, 3.8) is 0 Å². The Morgan fingerprint density at radius 1 is 1.07 bits per heavy atom. The minimum atomic E-state index is -4.55. The molecule has 0 saturated heterocycles. The SMILES string of the molecule is O=C(Nc1ccc(-c2nc(CCl)cs2)cc1)Nc1ccccc1C(F)(F)F. The number of nitrogens with zero attached hydrogens (tertiary/aromatic N) is 1. The first kappa shape index (κ1) is 19.2. The van der Waals surface area contributed by atoms with Crippen molar-refractivity contribution in [2.45, 2.75) is 12.1 Å². The molecular formula is C18H13ClF3N3OS. The van der Waals surface area contributed by atoms with E-state index in [0.717, 1.165) is 22.3 Å². The van der Waals surface area contributed by atoms with Crippen LogP contribution in [-0.4, -0.2) is 11.0 Å². The molecule has 0 aliphatic carbocycles. The summed E-state index contributed by atoms with van der Waals surface area (Å²) in [6.45, 7) is 0. The summed E-state index contributed by atoms with van der Waals surface area (Å²) in [6, 6.07) is 10.8. The van der Waals surface area contributed by atoms with Crippen molar-refractivity contribution in [2.75, 3.05) is 10.6 Å². The first-order valence-corrected chi connectivity index (χ1v) is 9.13. The summed E-state index contributed by atoms with van der Waals surface area (Å²) in [5.74, 6) is 0.329. The number of para-hydroxylation sites is 1. The van der Waals surface area contributed by atoms with Crippen LogP contribution in [-0.2, 0) is 12.1 Å². The maximum absolute atomic E-state index is 13.0. The van der Waals surface area contributed by atoms with Crippen LogP contribution in [0.2, 0.25) is 0 Å². The minimum absolute atomic E-state index is 0.310. The fraction of sp³-hybridized carbons (Fsp3) is 0.111. The highest BCUT2D eigenvalue weighted by atomic mass is 35.5. The Labute approximate surface area is 162 Å². The summed E-state index contributed by atoms with van der Waals surface area (Å²) in [5.41, 5.74) is 0.853. The van der Waals surface area contributed by atoms with E-state index in [1.807, 2.05) is 5.38 Å². The van der Waals surface area contributed by atoms with Gasteiger partial charge in [-0.2, -0.15) is 13.2 Å². The number of thiazole rings is 1. The van der Waals surface area contributed by atoms with Gasteiger partial charge in [0.15, 0.2) is 0 Å². The number of halogens is 4. The molecule has 9 heteroatoms. The Morgan fingerprint density at radius 2 is 1.78 bits per heavy atom. The molecule has 1 heterocycles. The van der Waals surface area contributed by atoms with E-state index in [1.165, 1.54) is 29.5 Å². The fourth-order valence-corrected chi connectivity index (χ4v) is 3.38. The van der Waals surface area contributed by atoms with Crippen molar-refractivity contribution in [1.82, 2.24) is 4.98 Å².